The molecule has 1 aromatic carbocycles. The molecule has 1 aromatic rings. The van der Waals surface area contributed by atoms with Crippen molar-refractivity contribution in [2.75, 3.05) is 14.1 Å². The summed E-state index contributed by atoms with van der Waals surface area (Å²) in [6, 6.07) is 8.98. The van der Waals surface area contributed by atoms with Crippen molar-refractivity contribution in [3.05, 3.63) is 47.1 Å². The molecule has 0 N–H and O–H groups in total. The van der Waals surface area contributed by atoms with Crippen molar-refractivity contribution in [1.82, 2.24) is 4.90 Å². The third-order valence-corrected chi connectivity index (χ3v) is 1.89. The van der Waals surface area contributed by atoms with Crippen LogP contribution in [0.1, 0.15) is 10.4 Å². The lowest BCUT2D eigenvalue weighted by Crippen LogP contribution is -2.06. The Morgan fingerprint density at radius 2 is 1.86 bits per heavy atom. The summed E-state index contributed by atoms with van der Waals surface area (Å²) >= 11 is 5.83. The van der Waals surface area contributed by atoms with E-state index in [0.717, 1.165) is 0 Å². The largest absolute Gasteiger partial charge is 0.382 e. The SMILES string of the molecule is CN(C)C=C(Cl)C(=O)c1ccccc1. The van der Waals surface area contributed by atoms with Crippen LogP contribution in [0.15, 0.2) is 41.6 Å². The Kier molecular flexibility index (Phi) is 3.72. The standard InChI is InChI=1S/C11H12ClNO/c1-13(2)8-10(12)11(14)9-6-4-3-5-7-9/h3-8H,1-2H3. The predicted molar refractivity (Wildman–Crippen MR) is 58.4 cm³/mol. The lowest BCUT2D eigenvalue weighted by atomic mass is 10.1. The van der Waals surface area contributed by atoms with E-state index in [4.69, 9.17) is 11.6 Å². The van der Waals surface area contributed by atoms with E-state index in [1.165, 1.54) is 0 Å². The van der Waals surface area contributed by atoms with E-state index >= 15 is 0 Å². The Hall–Kier alpha value is -1.28. The zero-order chi connectivity index (χ0) is 10.6. The molecule has 0 spiro atoms. The molecule has 0 aliphatic heterocycles. The lowest BCUT2D eigenvalue weighted by molar-refractivity contribution is 0.104. The summed E-state index contributed by atoms with van der Waals surface area (Å²) in [4.78, 5) is 13.4. The molecular weight excluding hydrogens is 198 g/mol. The molecule has 2 nitrogen and oxygen atoms in total. The molecular formula is C11H12ClNO. The van der Waals surface area contributed by atoms with Gasteiger partial charge in [-0.2, -0.15) is 0 Å². The number of carbonyl (C=O) groups excluding carboxylic acids is 1. The van der Waals surface area contributed by atoms with E-state index in [-0.39, 0.29) is 10.8 Å². The summed E-state index contributed by atoms with van der Waals surface area (Å²) < 4.78 is 0. The normalized spacial score (nSPS) is 11.2. The van der Waals surface area contributed by atoms with E-state index in [1.54, 1.807) is 23.2 Å². The molecule has 0 aliphatic rings. The molecule has 0 saturated heterocycles. The molecule has 0 aromatic heterocycles. The highest BCUT2D eigenvalue weighted by Gasteiger charge is 2.08. The predicted octanol–water partition coefficient (Wildman–Crippen LogP) is 2.51. The summed E-state index contributed by atoms with van der Waals surface area (Å²) in [7, 11) is 3.64. The van der Waals surface area contributed by atoms with Gasteiger partial charge in [-0.15, -0.1) is 0 Å². The van der Waals surface area contributed by atoms with Crippen molar-refractivity contribution in [2.45, 2.75) is 0 Å². The lowest BCUT2D eigenvalue weighted by Gasteiger charge is -2.05. The van der Waals surface area contributed by atoms with Crippen molar-refractivity contribution >= 4 is 17.4 Å². The molecule has 0 saturated carbocycles. The highest BCUT2D eigenvalue weighted by atomic mass is 35.5. The van der Waals surface area contributed by atoms with E-state index in [0.29, 0.717) is 5.56 Å². The van der Waals surface area contributed by atoms with Gasteiger partial charge in [-0.25, -0.2) is 0 Å². The van der Waals surface area contributed by atoms with E-state index in [9.17, 15) is 4.79 Å². The Balaban J connectivity index is 2.87. The first-order valence-electron chi connectivity index (χ1n) is 4.25. The monoisotopic (exact) mass is 209 g/mol. The fourth-order valence-electron chi connectivity index (χ4n) is 1.01. The van der Waals surface area contributed by atoms with Crippen LogP contribution in [0.5, 0.6) is 0 Å². The van der Waals surface area contributed by atoms with Gasteiger partial charge in [-0.1, -0.05) is 41.9 Å². The number of ketones is 1. The van der Waals surface area contributed by atoms with E-state index in [2.05, 4.69) is 0 Å². The van der Waals surface area contributed by atoms with Crippen LogP contribution in [0.3, 0.4) is 0 Å². The minimum absolute atomic E-state index is 0.152. The van der Waals surface area contributed by atoms with Gasteiger partial charge >= 0.3 is 0 Å². The second kappa shape index (κ2) is 4.82. The number of rotatable bonds is 3. The summed E-state index contributed by atoms with van der Waals surface area (Å²) in [5, 5.41) is 0.223. The van der Waals surface area contributed by atoms with Gasteiger partial charge < -0.3 is 4.90 Å². The van der Waals surface area contributed by atoms with Crippen LogP contribution in [0.4, 0.5) is 0 Å². The smallest absolute Gasteiger partial charge is 0.205 e. The molecule has 0 unspecified atom stereocenters. The van der Waals surface area contributed by atoms with E-state index in [1.807, 2.05) is 32.3 Å². The number of carbonyl (C=O) groups is 1. The number of hydrogen-bond acceptors (Lipinski definition) is 2. The number of benzene rings is 1. The number of hydrogen-bond donors (Lipinski definition) is 0. The fourth-order valence-corrected chi connectivity index (χ4v) is 1.32. The third-order valence-electron chi connectivity index (χ3n) is 1.62. The molecule has 74 valence electrons. The molecule has 0 heterocycles. The van der Waals surface area contributed by atoms with Crippen molar-refractivity contribution in [2.24, 2.45) is 0 Å². The first-order chi connectivity index (χ1) is 6.61. The summed E-state index contributed by atoms with van der Waals surface area (Å²) in [5.74, 6) is -0.152. The van der Waals surface area contributed by atoms with Gasteiger partial charge in [0.1, 0.15) is 5.03 Å². The Morgan fingerprint density at radius 3 is 2.36 bits per heavy atom. The Bertz CT molecular complexity index is 344. The van der Waals surface area contributed by atoms with Crippen molar-refractivity contribution in [3.8, 4) is 0 Å². The molecule has 0 aliphatic carbocycles. The van der Waals surface area contributed by atoms with Crippen LogP contribution in [-0.2, 0) is 0 Å². The number of nitrogens with zero attached hydrogens (tertiary/aromatic N) is 1. The Labute approximate surface area is 88.8 Å². The Morgan fingerprint density at radius 1 is 1.29 bits per heavy atom. The van der Waals surface area contributed by atoms with Gasteiger partial charge in [0.05, 0.1) is 0 Å². The second-order valence-electron chi connectivity index (χ2n) is 3.14. The third kappa shape index (κ3) is 2.89. The van der Waals surface area contributed by atoms with Crippen molar-refractivity contribution < 1.29 is 4.79 Å². The maximum absolute atomic E-state index is 11.7. The van der Waals surface area contributed by atoms with Gasteiger partial charge in [0, 0.05) is 25.9 Å². The zero-order valence-corrected chi connectivity index (χ0v) is 8.95. The summed E-state index contributed by atoms with van der Waals surface area (Å²) in [6.07, 6.45) is 1.59. The summed E-state index contributed by atoms with van der Waals surface area (Å²) in [5.41, 5.74) is 0.607. The topological polar surface area (TPSA) is 20.3 Å². The van der Waals surface area contributed by atoms with Crippen LogP contribution in [-0.4, -0.2) is 24.8 Å². The molecule has 1 rings (SSSR count). The molecule has 0 atom stereocenters. The van der Waals surface area contributed by atoms with Gasteiger partial charge in [0.2, 0.25) is 5.78 Å². The van der Waals surface area contributed by atoms with E-state index < -0.39 is 0 Å². The van der Waals surface area contributed by atoms with Gasteiger partial charge in [-0.3, -0.25) is 4.79 Å². The van der Waals surface area contributed by atoms with Crippen molar-refractivity contribution in [1.29, 1.82) is 0 Å². The van der Waals surface area contributed by atoms with Crippen LogP contribution in [0.2, 0.25) is 0 Å². The van der Waals surface area contributed by atoms with Crippen LogP contribution in [0.25, 0.3) is 0 Å². The van der Waals surface area contributed by atoms with Gasteiger partial charge in [-0.05, 0) is 0 Å². The molecule has 0 radical (unpaired) electrons. The highest BCUT2D eigenvalue weighted by Crippen LogP contribution is 2.11. The second-order valence-corrected chi connectivity index (χ2v) is 3.54. The maximum atomic E-state index is 11.7. The van der Waals surface area contributed by atoms with Crippen molar-refractivity contribution in [3.63, 3.8) is 0 Å². The molecule has 0 fully saturated rings. The molecule has 0 bridgehead atoms. The van der Waals surface area contributed by atoms with Gasteiger partial charge in [0.25, 0.3) is 0 Å². The first-order valence-corrected chi connectivity index (χ1v) is 4.62. The number of allylic oxidation sites excluding steroid dienone is 1. The maximum Gasteiger partial charge on any atom is 0.205 e. The average Bonchev–Trinajstić information content (AvgIpc) is 2.17. The molecule has 0 amide bonds. The first kappa shape index (κ1) is 10.8. The van der Waals surface area contributed by atoms with Crippen LogP contribution >= 0.6 is 11.6 Å². The minimum Gasteiger partial charge on any atom is -0.382 e. The fraction of sp³-hybridized carbons (Fsp3) is 0.182. The minimum atomic E-state index is -0.152. The molecule has 3 heteroatoms. The number of Topliss-reactive ketones (excluding diaryl/α,β-unsaturated/α-hetero) is 1. The quantitative estimate of drug-likeness (QED) is 0.563. The average molecular weight is 210 g/mol. The zero-order valence-electron chi connectivity index (χ0n) is 8.20. The highest BCUT2D eigenvalue weighted by molar-refractivity contribution is 6.45. The van der Waals surface area contributed by atoms with Gasteiger partial charge in [0.15, 0.2) is 0 Å². The molecule has 14 heavy (non-hydrogen) atoms. The summed E-state index contributed by atoms with van der Waals surface area (Å²) in [6.45, 7) is 0. The number of halogens is 1. The van der Waals surface area contributed by atoms with Crippen LogP contribution < -0.4 is 0 Å². The van der Waals surface area contributed by atoms with Crippen LogP contribution in [0, 0.1) is 0 Å².